The Hall–Kier alpha value is -0.770. The molecule has 0 spiro atoms. The number of alkyl halides is 1. The predicted octanol–water partition coefficient (Wildman–Crippen LogP) is 5.77. The van der Waals surface area contributed by atoms with Gasteiger partial charge >= 0.3 is 0 Å². The standard InChI is InChI=1S/C13H8BrCl2FO/c14-9-5-10(16)11(17)6-13(9)18-12-4-2-1-3-8(12)7-15/h1-6H,7H2. The van der Waals surface area contributed by atoms with Crippen molar-refractivity contribution in [3.63, 3.8) is 0 Å². The molecule has 0 aliphatic heterocycles. The molecule has 0 amide bonds. The fourth-order valence-corrected chi connectivity index (χ4v) is 2.36. The van der Waals surface area contributed by atoms with Crippen LogP contribution < -0.4 is 4.74 Å². The summed E-state index contributed by atoms with van der Waals surface area (Å²) in [6.45, 7) is 0. The number of ether oxygens (including phenoxy) is 1. The smallest absolute Gasteiger partial charge is 0.145 e. The van der Waals surface area contributed by atoms with Crippen LogP contribution in [0.5, 0.6) is 11.5 Å². The van der Waals surface area contributed by atoms with Gasteiger partial charge in [0.25, 0.3) is 0 Å². The van der Waals surface area contributed by atoms with Crippen LogP contribution in [-0.4, -0.2) is 0 Å². The minimum absolute atomic E-state index is 0.0415. The molecule has 2 rings (SSSR count). The molecular formula is C13H8BrCl2FO. The van der Waals surface area contributed by atoms with Gasteiger partial charge in [-0.1, -0.05) is 29.8 Å². The van der Waals surface area contributed by atoms with Crippen LogP contribution in [0.1, 0.15) is 5.56 Å². The molecule has 0 saturated heterocycles. The first-order chi connectivity index (χ1) is 8.61. The van der Waals surface area contributed by atoms with Gasteiger partial charge in [0.2, 0.25) is 0 Å². The lowest BCUT2D eigenvalue weighted by Crippen LogP contribution is -1.91. The van der Waals surface area contributed by atoms with Gasteiger partial charge in [0.1, 0.15) is 17.3 Å². The van der Waals surface area contributed by atoms with E-state index in [2.05, 4.69) is 15.9 Å². The highest BCUT2D eigenvalue weighted by Gasteiger charge is 2.10. The Morgan fingerprint density at radius 2 is 1.89 bits per heavy atom. The second-order valence-corrected chi connectivity index (χ2v) is 5.07. The van der Waals surface area contributed by atoms with Crippen molar-refractivity contribution in [2.75, 3.05) is 0 Å². The summed E-state index contributed by atoms with van der Waals surface area (Å²) in [6.07, 6.45) is 0. The molecule has 5 heteroatoms. The molecule has 0 aromatic heterocycles. The maximum Gasteiger partial charge on any atom is 0.145 e. The number of hydrogen-bond donors (Lipinski definition) is 0. The summed E-state index contributed by atoms with van der Waals surface area (Å²) in [4.78, 5) is 0. The Bertz CT molecular complexity index is 575. The highest BCUT2D eigenvalue weighted by molar-refractivity contribution is 9.10. The second kappa shape index (κ2) is 5.91. The van der Waals surface area contributed by atoms with E-state index >= 15 is 0 Å². The monoisotopic (exact) mass is 348 g/mol. The second-order valence-electron chi connectivity index (χ2n) is 3.54. The van der Waals surface area contributed by atoms with Crippen molar-refractivity contribution in [3.8, 4) is 11.5 Å². The number of para-hydroxylation sites is 1. The normalized spacial score (nSPS) is 10.4. The van der Waals surface area contributed by atoms with E-state index in [4.69, 9.17) is 27.9 Å². The first-order valence-electron chi connectivity index (χ1n) is 5.08. The Balaban J connectivity index is 2.37. The molecule has 0 atom stereocenters. The zero-order valence-corrected chi connectivity index (χ0v) is 12.2. The van der Waals surface area contributed by atoms with Crippen LogP contribution >= 0.6 is 39.1 Å². The van der Waals surface area contributed by atoms with Gasteiger partial charge in [-0.05, 0) is 28.1 Å². The molecule has 18 heavy (non-hydrogen) atoms. The van der Waals surface area contributed by atoms with Gasteiger partial charge in [0.05, 0.1) is 15.4 Å². The van der Waals surface area contributed by atoms with Crippen LogP contribution in [-0.2, 0) is 5.88 Å². The number of rotatable bonds is 3. The molecule has 0 fully saturated rings. The summed E-state index contributed by atoms with van der Waals surface area (Å²) in [5, 5.41) is 0.0415. The van der Waals surface area contributed by atoms with Crippen LogP contribution in [0.4, 0.5) is 4.39 Å². The lowest BCUT2D eigenvalue weighted by Gasteiger charge is -2.11. The SMILES string of the molecule is Fc1cc(Oc2ccccc2CCl)c(Br)cc1Cl. The maximum atomic E-state index is 13.4. The van der Waals surface area contributed by atoms with Crippen molar-refractivity contribution in [2.24, 2.45) is 0 Å². The Labute approximate surface area is 123 Å². The summed E-state index contributed by atoms with van der Waals surface area (Å²) in [6, 6.07) is 10.00. The quantitative estimate of drug-likeness (QED) is 0.504. The van der Waals surface area contributed by atoms with Crippen molar-refractivity contribution >= 4 is 39.1 Å². The lowest BCUT2D eigenvalue weighted by molar-refractivity contribution is 0.469. The Morgan fingerprint density at radius 3 is 2.61 bits per heavy atom. The van der Waals surface area contributed by atoms with Crippen LogP contribution in [0, 0.1) is 5.82 Å². The molecule has 1 nitrogen and oxygen atoms in total. The van der Waals surface area contributed by atoms with E-state index in [1.54, 1.807) is 6.07 Å². The fourth-order valence-electron chi connectivity index (χ4n) is 1.41. The highest BCUT2D eigenvalue weighted by Crippen LogP contribution is 2.35. The van der Waals surface area contributed by atoms with Gasteiger partial charge in [0, 0.05) is 11.6 Å². The molecule has 0 aliphatic carbocycles. The lowest BCUT2D eigenvalue weighted by atomic mass is 10.2. The largest absolute Gasteiger partial charge is 0.456 e. The molecule has 2 aromatic rings. The molecule has 0 heterocycles. The van der Waals surface area contributed by atoms with Crippen molar-refractivity contribution in [2.45, 2.75) is 5.88 Å². The van der Waals surface area contributed by atoms with Crippen LogP contribution in [0.3, 0.4) is 0 Å². The van der Waals surface area contributed by atoms with Crippen molar-refractivity contribution < 1.29 is 9.13 Å². The van der Waals surface area contributed by atoms with E-state index in [1.165, 1.54) is 12.1 Å². The van der Waals surface area contributed by atoms with Gasteiger partial charge in [0.15, 0.2) is 0 Å². The van der Waals surface area contributed by atoms with E-state index in [1.807, 2.05) is 18.2 Å². The highest BCUT2D eigenvalue weighted by atomic mass is 79.9. The van der Waals surface area contributed by atoms with Crippen LogP contribution in [0.25, 0.3) is 0 Å². The fraction of sp³-hybridized carbons (Fsp3) is 0.0769. The van der Waals surface area contributed by atoms with Gasteiger partial charge in [-0.3, -0.25) is 0 Å². The minimum Gasteiger partial charge on any atom is -0.456 e. The third-order valence-corrected chi connectivity index (χ3v) is 3.51. The molecule has 0 bridgehead atoms. The van der Waals surface area contributed by atoms with E-state index in [9.17, 15) is 4.39 Å². The molecule has 0 saturated carbocycles. The number of hydrogen-bond acceptors (Lipinski definition) is 1. The molecule has 0 aliphatic rings. The van der Waals surface area contributed by atoms with Crippen LogP contribution in [0.2, 0.25) is 5.02 Å². The minimum atomic E-state index is -0.529. The molecule has 94 valence electrons. The van der Waals surface area contributed by atoms with E-state index < -0.39 is 5.82 Å². The third kappa shape index (κ3) is 2.97. The van der Waals surface area contributed by atoms with E-state index in [-0.39, 0.29) is 5.02 Å². The van der Waals surface area contributed by atoms with E-state index in [0.29, 0.717) is 21.9 Å². The molecular weight excluding hydrogens is 342 g/mol. The first kappa shape index (κ1) is 13.7. The summed E-state index contributed by atoms with van der Waals surface area (Å²) < 4.78 is 19.6. The molecule has 0 N–H and O–H groups in total. The summed E-state index contributed by atoms with van der Waals surface area (Å²) in [7, 11) is 0. The van der Waals surface area contributed by atoms with Gasteiger partial charge < -0.3 is 4.74 Å². The maximum absolute atomic E-state index is 13.4. The summed E-state index contributed by atoms with van der Waals surface area (Å²) in [5.74, 6) is 0.742. The van der Waals surface area contributed by atoms with Gasteiger partial charge in [-0.15, -0.1) is 11.6 Å². The average molecular weight is 350 g/mol. The van der Waals surface area contributed by atoms with Gasteiger partial charge in [-0.25, -0.2) is 4.39 Å². The predicted molar refractivity (Wildman–Crippen MR) is 75.2 cm³/mol. The molecule has 0 unspecified atom stereocenters. The van der Waals surface area contributed by atoms with E-state index in [0.717, 1.165) is 5.56 Å². The average Bonchev–Trinajstić information content (AvgIpc) is 2.36. The third-order valence-electron chi connectivity index (χ3n) is 2.31. The zero-order valence-electron chi connectivity index (χ0n) is 9.09. The number of halogens is 4. The Kier molecular flexibility index (Phi) is 4.49. The first-order valence-corrected chi connectivity index (χ1v) is 6.78. The molecule has 2 aromatic carbocycles. The Morgan fingerprint density at radius 1 is 1.17 bits per heavy atom. The van der Waals surface area contributed by atoms with Crippen LogP contribution in [0.15, 0.2) is 40.9 Å². The molecule has 0 radical (unpaired) electrons. The topological polar surface area (TPSA) is 9.23 Å². The van der Waals surface area contributed by atoms with Gasteiger partial charge in [-0.2, -0.15) is 0 Å². The number of benzene rings is 2. The summed E-state index contributed by atoms with van der Waals surface area (Å²) >= 11 is 14.7. The van der Waals surface area contributed by atoms with Crippen molar-refractivity contribution in [3.05, 3.63) is 57.3 Å². The zero-order chi connectivity index (χ0) is 13.1. The summed E-state index contributed by atoms with van der Waals surface area (Å²) in [5.41, 5.74) is 0.835. The van der Waals surface area contributed by atoms with Crippen molar-refractivity contribution in [1.82, 2.24) is 0 Å². The van der Waals surface area contributed by atoms with Crippen molar-refractivity contribution in [1.29, 1.82) is 0 Å².